The van der Waals surface area contributed by atoms with Gasteiger partial charge < -0.3 is 10.1 Å². The Morgan fingerprint density at radius 3 is 2.59 bits per heavy atom. The van der Waals surface area contributed by atoms with Gasteiger partial charge in [-0.15, -0.1) is 0 Å². The topological polar surface area (TPSA) is 88.1 Å². The molecule has 0 spiro atoms. The Balaban J connectivity index is 2.34. The van der Waals surface area contributed by atoms with E-state index in [0.29, 0.717) is 5.82 Å². The van der Waals surface area contributed by atoms with E-state index in [-0.39, 0.29) is 40.3 Å². The SMILES string of the molecule is COc1cc(F)c(-c2c(C#N)nc3ncnn3c2NC(C)C(C)C)cc1F. The molecule has 9 heteroatoms. The van der Waals surface area contributed by atoms with Gasteiger partial charge >= 0.3 is 0 Å². The number of nitriles is 1. The van der Waals surface area contributed by atoms with Crippen molar-refractivity contribution in [3.05, 3.63) is 35.8 Å². The van der Waals surface area contributed by atoms with Crippen LogP contribution in [0.25, 0.3) is 16.9 Å². The number of nitrogens with one attached hydrogen (secondary N) is 1. The van der Waals surface area contributed by atoms with Crippen LogP contribution in [0.15, 0.2) is 18.5 Å². The van der Waals surface area contributed by atoms with Gasteiger partial charge in [0, 0.05) is 17.7 Å². The normalized spacial score (nSPS) is 12.2. The predicted octanol–water partition coefficient (Wildman–Crippen LogP) is 3.41. The number of benzene rings is 1. The predicted molar refractivity (Wildman–Crippen MR) is 95.3 cm³/mol. The summed E-state index contributed by atoms with van der Waals surface area (Å²) in [6.45, 7) is 5.96. The van der Waals surface area contributed by atoms with Crippen molar-refractivity contribution in [3.63, 3.8) is 0 Å². The van der Waals surface area contributed by atoms with Crippen LogP contribution in [-0.4, -0.2) is 32.7 Å². The Morgan fingerprint density at radius 1 is 1.22 bits per heavy atom. The highest BCUT2D eigenvalue weighted by Crippen LogP contribution is 2.36. The van der Waals surface area contributed by atoms with Crippen LogP contribution in [0.2, 0.25) is 0 Å². The number of ether oxygens (including phenoxy) is 1. The number of anilines is 1. The molecule has 2 heterocycles. The van der Waals surface area contributed by atoms with E-state index in [4.69, 9.17) is 4.74 Å². The molecule has 0 amide bonds. The lowest BCUT2D eigenvalue weighted by Gasteiger charge is -2.22. The second-order valence-corrected chi connectivity index (χ2v) is 6.41. The number of hydrogen-bond acceptors (Lipinski definition) is 6. The molecule has 3 rings (SSSR count). The quantitative estimate of drug-likeness (QED) is 0.738. The second kappa shape index (κ2) is 7.15. The average Bonchev–Trinajstić information content (AvgIpc) is 3.11. The molecule has 0 saturated heterocycles. The highest BCUT2D eigenvalue weighted by Gasteiger charge is 2.24. The standard InChI is InChI=1S/C18H18F2N6O/c1-9(2)10(3)24-17-16(11-5-13(20)15(27-4)6-12(11)19)14(7-21)25-18-22-8-23-26(17)18/h5-6,8-10,24H,1-4H3. The van der Waals surface area contributed by atoms with E-state index in [9.17, 15) is 14.0 Å². The minimum absolute atomic E-state index is 0.0451. The van der Waals surface area contributed by atoms with Crippen molar-refractivity contribution in [2.24, 2.45) is 5.92 Å². The minimum atomic E-state index is -0.751. The molecule has 0 bridgehead atoms. The lowest BCUT2D eigenvalue weighted by molar-refractivity contribution is 0.383. The Kier molecular flexibility index (Phi) is 4.90. The van der Waals surface area contributed by atoms with E-state index < -0.39 is 11.6 Å². The number of hydrogen-bond donors (Lipinski definition) is 1. The molecule has 0 aliphatic rings. The molecule has 1 unspecified atom stereocenters. The fourth-order valence-electron chi connectivity index (χ4n) is 2.57. The Labute approximate surface area is 154 Å². The molecular weight excluding hydrogens is 354 g/mol. The van der Waals surface area contributed by atoms with Crippen LogP contribution in [-0.2, 0) is 0 Å². The van der Waals surface area contributed by atoms with Gasteiger partial charge in [0.15, 0.2) is 17.3 Å². The number of aromatic nitrogens is 4. The molecule has 7 nitrogen and oxygen atoms in total. The number of methoxy groups -OCH3 is 1. The van der Waals surface area contributed by atoms with Crippen molar-refractivity contribution in [2.75, 3.05) is 12.4 Å². The lowest BCUT2D eigenvalue weighted by Crippen LogP contribution is -2.24. The first kappa shape index (κ1) is 18.5. The summed E-state index contributed by atoms with van der Waals surface area (Å²) in [6, 6.07) is 3.82. The van der Waals surface area contributed by atoms with Crippen LogP contribution >= 0.6 is 0 Å². The first-order chi connectivity index (χ1) is 12.9. The van der Waals surface area contributed by atoms with Gasteiger partial charge in [-0.3, -0.25) is 0 Å². The molecule has 0 aliphatic heterocycles. The van der Waals surface area contributed by atoms with Gasteiger partial charge in [0.05, 0.1) is 12.7 Å². The van der Waals surface area contributed by atoms with Crippen LogP contribution < -0.4 is 10.1 Å². The molecule has 0 saturated carbocycles. The van der Waals surface area contributed by atoms with E-state index in [1.54, 1.807) is 0 Å². The zero-order valence-electron chi connectivity index (χ0n) is 15.3. The number of rotatable bonds is 5. The second-order valence-electron chi connectivity index (χ2n) is 6.41. The molecule has 3 aromatic rings. The van der Waals surface area contributed by atoms with Crippen LogP contribution in [0.3, 0.4) is 0 Å². The van der Waals surface area contributed by atoms with Crippen LogP contribution in [0.1, 0.15) is 26.5 Å². The maximum absolute atomic E-state index is 14.8. The van der Waals surface area contributed by atoms with E-state index in [0.717, 1.165) is 12.1 Å². The smallest absolute Gasteiger partial charge is 0.255 e. The summed E-state index contributed by atoms with van der Waals surface area (Å²) in [5, 5.41) is 16.9. The zero-order valence-corrected chi connectivity index (χ0v) is 15.3. The van der Waals surface area contributed by atoms with Gasteiger partial charge in [-0.05, 0) is 18.9 Å². The third-order valence-corrected chi connectivity index (χ3v) is 4.41. The Bertz CT molecular complexity index is 1040. The molecule has 1 aromatic carbocycles. The Morgan fingerprint density at radius 2 is 1.96 bits per heavy atom. The summed E-state index contributed by atoms with van der Waals surface area (Å²) in [5.74, 6) is -0.991. The van der Waals surface area contributed by atoms with E-state index in [2.05, 4.69) is 20.4 Å². The van der Waals surface area contributed by atoms with Crippen LogP contribution in [0, 0.1) is 28.9 Å². The highest BCUT2D eigenvalue weighted by atomic mass is 19.1. The van der Waals surface area contributed by atoms with E-state index in [1.807, 2.05) is 26.8 Å². The fourth-order valence-corrected chi connectivity index (χ4v) is 2.57. The highest BCUT2D eigenvalue weighted by molar-refractivity contribution is 5.82. The molecule has 2 aromatic heterocycles. The van der Waals surface area contributed by atoms with Gasteiger partial charge in [-0.1, -0.05) is 13.8 Å². The van der Waals surface area contributed by atoms with E-state index >= 15 is 0 Å². The zero-order chi connectivity index (χ0) is 19.7. The maximum atomic E-state index is 14.8. The summed E-state index contributed by atoms with van der Waals surface area (Å²) in [6.07, 6.45) is 1.28. The molecule has 1 atom stereocenters. The number of fused-ring (bicyclic) bond motifs is 1. The van der Waals surface area contributed by atoms with E-state index in [1.165, 1.54) is 18.0 Å². The van der Waals surface area contributed by atoms with Gasteiger partial charge in [-0.2, -0.15) is 24.8 Å². The van der Waals surface area contributed by atoms with Crippen molar-refractivity contribution < 1.29 is 13.5 Å². The summed E-state index contributed by atoms with van der Waals surface area (Å²) in [7, 11) is 1.25. The molecule has 27 heavy (non-hydrogen) atoms. The molecular formula is C18H18F2N6O. The third-order valence-electron chi connectivity index (χ3n) is 4.41. The Hall–Kier alpha value is -3.28. The molecule has 1 N–H and O–H groups in total. The monoisotopic (exact) mass is 372 g/mol. The molecule has 0 fully saturated rings. The minimum Gasteiger partial charge on any atom is -0.494 e. The lowest BCUT2D eigenvalue weighted by atomic mass is 10.0. The number of nitrogens with zero attached hydrogens (tertiary/aromatic N) is 5. The van der Waals surface area contributed by atoms with Crippen LogP contribution in [0.4, 0.5) is 14.6 Å². The first-order valence-corrected chi connectivity index (χ1v) is 8.31. The van der Waals surface area contributed by atoms with Gasteiger partial charge in [0.2, 0.25) is 0 Å². The van der Waals surface area contributed by atoms with Gasteiger partial charge in [-0.25, -0.2) is 8.78 Å². The molecule has 0 aliphatic carbocycles. The van der Waals surface area contributed by atoms with Crippen molar-refractivity contribution >= 4 is 11.6 Å². The van der Waals surface area contributed by atoms with Crippen molar-refractivity contribution in [2.45, 2.75) is 26.8 Å². The first-order valence-electron chi connectivity index (χ1n) is 8.31. The molecule has 140 valence electrons. The molecule has 0 radical (unpaired) electrons. The average molecular weight is 372 g/mol. The third kappa shape index (κ3) is 3.26. The summed E-state index contributed by atoms with van der Waals surface area (Å²) in [4.78, 5) is 8.13. The van der Waals surface area contributed by atoms with Crippen molar-refractivity contribution in [1.82, 2.24) is 19.6 Å². The fraction of sp³-hybridized carbons (Fsp3) is 0.333. The largest absolute Gasteiger partial charge is 0.494 e. The van der Waals surface area contributed by atoms with Crippen molar-refractivity contribution in [1.29, 1.82) is 5.26 Å². The van der Waals surface area contributed by atoms with Gasteiger partial charge in [0.25, 0.3) is 5.78 Å². The summed E-state index contributed by atoms with van der Waals surface area (Å²) < 4.78 is 35.2. The van der Waals surface area contributed by atoms with Gasteiger partial charge in [0.1, 0.15) is 24.0 Å². The maximum Gasteiger partial charge on any atom is 0.255 e. The number of halogens is 2. The summed E-state index contributed by atoms with van der Waals surface area (Å²) in [5.41, 5.74) is -0.0901. The van der Waals surface area contributed by atoms with Crippen molar-refractivity contribution in [3.8, 4) is 22.9 Å². The van der Waals surface area contributed by atoms with Crippen LogP contribution in [0.5, 0.6) is 5.75 Å². The summed E-state index contributed by atoms with van der Waals surface area (Å²) >= 11 is 0.